The van der Waals surface area contributed by atoms with Crippen molar-refractivity contribution >= 4 is 0 Å². The minimum absolute atomic E-state index is 0.0483. The molecule has 1 heteroatoms. The van der Waals surface area contributed by atoms with Gasteiger partial charge in [-0.05, 0) is 98.0 Å². The van der Waals surface area contributed by atoms with Crippen LogP contribution in [0.3, 0.4) is 0 Å². The Bertz CT molecular complexity index is 725. The number of aliphatic hydroxyl groups is 1. The fourth-order valence-corrected chi connectivity index (χ4v) is 7.71. The van der Waals surface area contributed by atoms with Crippen LogP contribution in [0.15, 0.2) is 34.9 Å². The van der Waals surface area contributed by atoms with Crippen LogP contribution in [0.1, 0.15) is 98.8 Å². The Kier molecular flexibility index (Phi) is 5.69. The Labute approximate surface area is 179 Å². The normalized spacial score (nSPS) is 40.2. The molecule has 0 heterocycles. The Hall–Kier alpha value is -0.820. The SMILES string of the molecule is C=C(CC[C@@H](C)[C@H]1CC=C2C3=C(CC[C@@]21C)[C@@]1(C)C(O)CCCC1CC3)C(C)C. The molecule has 1 fully saturated rings. The zero-order valence-corrected chi connectivity index (χ0v) is 19.7. The van der Waals surface area contributed by atoms with Crippen molar-refractivity contribution in [2.24, 2.45) is 34.5 Å². The van der Waals surface area contributed by atoms with Gasteiger partial charge in [0.25, 0.3) is 0 Å². The van der Waals surface area contributed by atoms with E-state index in [0.717, 1.165) is 18.3 Å². The molecule has 0 radical (unpaired) electrons. The summed E-state index contributed by atoms with van der Waals surface area (Å²) in [6, 6.07) is 0. The smallest absolute Gasteiger partial charge is 0.0633 e. The van der Waals surface area contributed by atoms with Gasteiger partial charge < -0.3 is 5.11 Å². The molecule has 0 saturated heterocycles. The number of aliphatic hydroxyl groups excluding tert-OH is 1. The highest BCUT2D eigenvalue weighted by Gasteiger charge is 2.54. The third kappa shape index (κ3) is 3.31. The number of fused-ring (bicyclic) bond motifs is 4. The van der Waals surface area contributed by atoms with Gasteiger partial charge in [-0.1, -0.05) is 64.8 Å². The molecule has 0 spiro atoms. The van der Waals surface area contributed by atoms with Crippen LogP contribution >= 0.6 is 0 Å². The second kappa shape index (κ2) is 7.70. The first kappa shape index (κ1) is 21.4. The molecular formula is C28H44O. The quantitative estimate of drug-likeness (QED) is 0.474. The van der Waals surface area contributed by atoms with Crippen LogP contribution in [0.2, 0.25) is 0 Å². The summed E-state index contributed by atoms with van der Waals surface area (Å²) in [5, 5.41) is 11.1. The van der Waals surface area contributed by atoms with E-state index in [1.54, 1.807) is 16.7 Å². The minimum atomic E-state index is -0.130. The van der Waals surface area contributed by atoms with Crippen LogP contribution in [-0.4, -0.2) is 11.2 Å². The number of allylic oxidation sites excluding steroid dienone is 4. The van der Waals surface area contributed by atoms with Crippen LogP contribution in [0, 0.1) is 34.5 Å². The molecule has 4 aliphatic rings. The molecule has 4 aliphatic carbocycles. The van der Waals surface area contributed by atoms with E-state index in [1.807, 2.05) is 0 Å². The first-order chi connectivity index (χ1) is 13.7. The van der Waals surface area contributed by atoms with E-state index in [-0.39, 0.29) is 11.5 Å². The van der Waals surface area contributed by atoms with E-state index in [0.29, 0.717) is 17.3 Å². The Balaban J connectivity index is 1.57. The molecule has 0 bridgehead atoms. The van der Waals surface area contributed by atoms with Crippen LogP contribution in [0.5, 0.6) is 0 Å². The van der Waals surface area contributed by atoms with Gasteiger partial charge in [-0.3, -0.25) is 0 Å². The molecule has 162 valence electrons. The van der Waals surface area contributed by atoms with Crippen LogP contribution < -0.4 is 0 Å². The van der Waals surface area contributed by atoms with Gasteiger partial charge >= 0.3 is 0 Å². The van der Waals surface area contributed by atoms with Crippen molar-refractivity contribution in [2.45, 2.75) is 105 Å². The number of hydrogen-bond donors (Lipinski definition) is 1. The van der Waals surface area contributed by atoms with Gasteiger partial charge in [0, 0.05) is 5.41 Å². The van der Waals surface area contributed by atoms with Crippen molar-refractivity contribution in [3.63, 3.8) is 0 Å². The molecule has 0 aromatic heterocycles. The predicted octanol–water partition coefficient (Wildman–Crippen LogP) is 7.62. The summed E-state index contributed by atoms with van der Waals surface area (Å²) >= 11 is 0. The number of rotatable bonds is 5. The molecule has 6 atom stereocenters. The predicted molar refractivity (Wildman–Crippen MR) is 124 cm³/mol. The largest absolute Gasteiger partial charge is 0.392 e. The first-order valence-electron chi connectivity index (χ1n) is 12.5. The second-order valence-corrected chi connectivity index (χ2v) is 11.6. The highest BCUT2D eigenvalue weighted by atomic mass is 16.3. The summed E-state index contributed by atoms with van der Waals surface area (Å²) < 4.78 is 0. The van der Waals surface area contributed by atoms with E-state index in [9.17, 15) is 5.11 Å². The lowest BCUT2D eigenvalue weighted by Gasteiger charge is -2.55. The summed E-state index contributed by atoms with van der Waals surface area (Å²) in [6.45, 7) is 16.3. The summed E-state index contributed by atoms with van der Waals surface area (Å²) in [7, 11) is 0. The topological polar surface area (TPSA) is 20.2 Å². The summed E-state index contributed by atoms with van der Waals surface area (Å²) in [5.41, 5.74) is 6.84. The minimum Gasteiger partial charge on any atom is -0.392 e. The standard InChI is InChI=1S/C28H44O/c1-18(2)19(3)10-11-20(4)23-14-15-24-22-13-12-21-8-7-9-26(29)28(21,6)25(22)16-17-27(23,24)5/h15,18,20-21,23,26,29H,3,7-14,16-17H2,1-2,4-6H3/t20-,21?,23-,26?,27-,28+/m1/s1. The first-order valence-corrected chi connectivity index (χ1v) is 12.5. The molecule has 1 N–H and O–H groups in total. The van der Waals surface area contributed by atoms with Gasteiger partial charge in [0.1, 0.15) is 0 Å². The van der Waals surface area contributed by atoms with Crippen molar-refractivity contribution in [2.75, 3.05) is 0 Å². The maximum Gasteiger partial charge on any atom is 0.0633 e. The van der Waals surface area contributed by atoms with Crippen molar-refractivity contribution in [1.29, 1.82) is 0 Å². The molecule has 0 aromatic rings. The molecule has 4 rings (SSSR count). The fraction of sp³-hybridized carbons (Fsp3) is 0.786. The van der Waals surface area contributed by atoms with E-state index < -0.39 is 0 Å². The molecule has 1 nitrogen and oxygen atoms in total. The van der Waals surface area contributed by atoms with E-state index in [4.69, 9.17) is 0 Å². The van der Waals surface area contributed by atoms with Gasteiger partial charge in [-0.15, -0.1) is 0 Å². The zero-order valence-electron chi connectivity index (χ0n) is 19.7. The molecule has 0 amide bonds. The molecule has 1 saturated carbocycles. The van der Waals surface area contributed by atoms with E-state index in [2.05, 4.69) is 47.3 Å². The van der Waals surface area contributed by atoms with Crippen LogP contribution in [0.25, 0.3) is 0 Å². The van der Waals surface area contributed by atoms with Gasteiger partial charge in [-0.25, -0.2) is 0 Å². The summed E-state index contributed by atoms with van der Waals surface area (Å²) in [6.07, 6.45) is 14.8. The van der Waals surface area contributed by atoms with Gasteiger partial charge in [0.2, 0.25) is 0 Å². The average Bonchev–Trinajstić information content (AvgIpc) is 3.04. The van der Waals surface area contributed by atoms with Crippen molar-refractivity contribution in [3.05, 3.63) is 34.9 Å². The maximum atomic E-state index is 11.1. The lowest BCUT2D eigenvalue weighted by molar-refractivity contribution is -0.0304. The molecular weight excluding hydrogens is 352 g/mol. The molecule has 0 aliphatic heterocycles. The van der Waals surface area contributed by atoms with Gasteiger partial charge in [-0.2, -0.15) is 0 Å². The maximum absolute atomic E-state index is 11.1. The third-order valence-electron chi connectivity index (χ3n) is 9.98. The Morgan fingerprint density at radius 1 is 1.17 bits per heavy atom. The lowest BCUT2D eigenvalue weighted by atomic mass is 9.51. The molecule has 0 aromatic carbocycles. The van der Waals surface area contributed by atoms with Gasteiger partial charge in [0.05, 0.1) is 6.10 Å². The van der Waals surface area contributed by atoms with Crippen molar-refractivity contribution < 1.29 is 5.11 Å². The van der Waals surface area contributed by atoms with E-state index in [1.165, 1.54) is 63.4 Å². The Morgan fingerprint density at radius 3 is 2.66 bits per heavy atom. The molecule has 29 heavy (non-hydrogen) atoms. The van der Waals surface area contributed by atoms with Crippen molar-refractivity contribution in [3.8, 4) is 0 Å². The lowest BCUT2D eigenvalue weighted by Crippen LogP contribution is -2.48. The zero-order chi connectivity index (χ0) is 21.0. The van der Waals surface area contributed by atoms with Crippen molar-refractivity contribution in [1.82, 2.24) is 0 Å². The highest BCUT2D eigenvalue weighted by molar-refractivity contribution is 5.50. The van der Waals surface area contributed by atoms with Crippen LogP contribution in [0.4, 0.5) is 0 Å². The molecule has 2 unspecified atom stereocenters. The summed E-state index contributed by atoms with van der Waals surface area (Å²) in [5.74, 6) is 2.83. The fourth-order valence-electron chi connectivity index (χ4n) is 7.71. The second-order valence-electron chi connectivity index (χ2n) is 11.6. The Morgan fingerprint density at radius 2 is 1.93 bits per heavy atom. The monoisotopic (exact) mass is 396 g/mol. The summed E-state index contributed by atoms with van der Waals surface area (Å²) in [4.78, 5) is 0. The average molecular weight is 397 g/mol. The van der Waals surface area contributed by atoms with Crippen LogP contribution in [-0.2, 0) is 0 Å². The number of hydrogen-bond acceptors (Lipinski definition) is 1. The van der Waals surface area contributed by atoms with E-state index >= 15 is 0 Å². The third-order valence-corrected chi connectivity index (χ3v) is 9.98. The van der Waals surface area contributed by atoms with Gasteiger partial charge in [0.15, 0.2) is 0 Å². The highest BCUT2D eigenvalue weighted by Crippen LogP contribution is 2.64.